The Balaban J connectivity index is 2.18. The molecule has 0 spiro atoms. The molecule has 0 radical (unpaired) electrons. The molecule has 2 rings (SSSR count). The van der Waals surface area contributed by atoms with E-state index in [4.69, 9.17) is 5.73 Å². The molecule has 3 atom stereocenters. The van der Waals surface area contributed by atoms with Gasteiger partial charge in [-0.15, -0.1) is 13.2 Å². The van der Waals surface area contributed by atoms with E-state index in [1.807, 2.05) is 44.4 Å². The lowest BCUT2D eigenvalue weighted by Gasteiger charge is -2.36. The number of likely N-dealkylation sites (N-methyl/N-ethyl adjacent to an activating group) is 2. The summed E-state index contributed by atoms with van der Waals surface area (Å²) in [6.07, 6.45) is 9.86. The molecule has 9 heteroatoms. The van der Waals surface area contributed by atoms with Crippen molar-refractivity contribution in [1.82, 2.24) is 30.9 Å². The number of hydrogen-bond donors (Lipinski definition) is 4. The highest BCUT2D eigenvalue weighted by Crippen LogP contribution is 2.12. The summed E-state index contributed by atoms with van der Waals surface area (Å²) in [5.74, 6) is -0.138. The van der Waals surface area contributed by atoms with Gasteiger partial charge in [-0.1, -0.05) is 60.7 Å². The maximum absolute atomic E-state index is 13.4. The number of benzene rings is 1. The molecule has 1 aromatic carbocycles. The van der Waals surface area contributed by atoms with Crippen molar-refractivity contribution >= 4 is 12.3 Å². The Labute approximate surface area is 215 Å². The Morgan fingerprint density at radius 2 is 1.92 bits per heavy atom. The summed E-state index contributed by atoms with van der Waals surface area (Å²) in [7, 11) is 3.92. The molecule has 0 saturated carbocycles. The van der Waals surface area contributed by atoms with E-state index in [9.17, 15) is 9.59 Å². The van der Waals surface area contributed by atoms with Crippen molar-refractivity contribution in [2.45, 2.75) is 24.8 Å². The Morgan fingerprint density at radius 1 is 1.19 bits per heavy atom. The average molecular weight is 496 g/mol. The van der Waals surface area contributed by atoms with Crippen LogP contribution in [0.4, 0.5) is 0 Å². The second kappa shape index (κ2) is 15.8. The standard InChI is InChI=1S/C27H41N7O2/c1-5-14-33(31-21-35)20-27(36)34(15-6-2)26(30-17-22-10-8-7-9-11-22)19-32(4)18-23-12-13-25(29-3)24(28)16-23/h5-13,16,21,24-26,29-30H,1-2,14-15,17-20,28H2,3-4H3,(H,31,35). The van der Waals surface area contributed by atoms with Crippen molar-refractivity contribution < 1.29 is 9.59 Å². The summed E-state index contributed by atoms with van der Waals surface area (Å²) in [5, 5.41) is 8.26. The van der Waals surface area contributed by atoms with E-state index in [0.717, 1.165) is 11.1 Å². The summed E-state index contributed by atoms with van der Waals surface area (Å²) in [6.45, 7) is 10.1. The van der Waals surface area contributed by atoms with Gasteiger partial charge in [0.2, 0.25) is 12.3 Å². The van der Waals surface area contributed by atoms with E-state index in [1.54, 1.807) is 17.1 Å². The van der Waals surface area contributed by atoms with E-state index in [-0.39, 0.29) is 30.7 Å². The van der Waals surface area contributed by atoms with Crippen LogP contribution in [0.25, 0.3) is 0 Å². The zero-order valence-electron chi connectivity index (χ0n) is 21.5. The number of amides is 2. The molecule has 3 unspecified atom stereocenters. The summed E-state index contributed by atoms with van der Waals surface area (Å²) < 4.78 is 0. The fraction of sp³-hybridized carbons (Fsp3) is 0.407. The van der Waals surface area contributed by atoms with Gasteiger partial charge in [0.25, 0.3) is 0 Å². The predicted octanol–water partition coefficient (Wildman–Crippen LogP) is 0.609. The number of hydrazine groups is 1. The van der Waals surface area contributed by atoms with Gasteiger partial charge in [-0.3, -0.25) is 25.2 Å². The fourth-order valence-electron chi connectivity index (χ4n) is 4.12. The quantitative estimate of drug-likeness (QED) is 0.109. The lowest BCUT2D eigenvalue weighted by molar-refractivity contribution is -0.136. The zero-order chi connectivity index (χ0) is 26.3. The molecule has 0 heterocycles. The number of carbonyl (C=O) groups excluding carboxylic acids is 2. The van der Waals surface area contributed by atoms with Crippen molar-refractivity contribution in [3.05, 3.63) is 85.0 Å². The molecule has 1 aromatic rings. The number of rotatable bonds is 17. The van der Waals surface area contributed by atoms with Gasteiger partial charge in [-0.25, -0.2) is 5.01 Å². The molecule has 1 aliphatic carbocycles. The third-order valence-electron chi connectivity index (χ3n) is 5.93. The lowest BCUT2D eigenvalue weighted by Crippen LogP contribution is -2.56. The van der Waals surface area contributed by atoms with Crippen LogP contribution in [0.5, 0.6) is 0 Å². The third kappa shape index (κ3) is 9.52. The summed E-state index contributed by atoms with van der Waals surface area (Å²) in [4.78, 5) is 28.3. The average Bonchev–Trinajstić information content (AvgIpc) is 2.86. The Hall–Kier alpha value is -3.08. The van der Waals surface area contributed by atoms with Crippen molar-refractivity contribution in [2.75, 3.05) is 46.8 Å². The maximum Gasteiger partial charge on any atom is 0.240 e. The van der Waals surface area contributed by atoms with Crippen LogP contribution in [0.15, 0.2) is 79.4 Å². The SMILES string of the molecule is C=CCN(CC(=O)N(CC=C)C(CN(C)CC1=CC(N)C(NC)C=C1)NCc1ccccc1)NC=O. The first-order valence-corrected chi connectivity index (χ1v) is 12.1. The van der Waals surface area contributed by atoms with Crippen LogP contribution >= 0.6 is 0 Å². The van der Waals surface area contributed by atoms with Crippen LogP contribution in [0.2, 0.25) is 0 Å². The highest BCUT2D eigenvalue weighted by atomic mass is 16.2. The first kappa shape index (κ1) is 29.2. The van der Waals surface area contributed by atoms with Gasteiger partial charge in [0.05, 0.1) is 12.7 Å². The van der Waals surface area contributed by atoms with Gasteiger partial charge in [0, 0.05) is 44.8 Å². The lowest BCUT2D eigenvalue weighted by atomic mass is 9.98. The molecule has 36 heavy (non-hydrogen) atoms. The van der Waals surface area contributed by atoms with E-state index < -0.39 is 0 Å². The number of nitrogens with two attached hydrogens (primary N) is 1. The minimum Gasteiger partial charge on any atom is -0.323 e. The summed E-state index contributed by atoms with van der Waals surface area (Å²) in [6, 6.07) is 10.1. The van der Waals surface area contributed by atoms with E-state index >= 15 is 0 Å². The molecule has 0 saturated heterocycles. The first-order chi connectivity index (χ1) is 17.4. The van der Waals surface area contributed by atoms with Crippen molar-refractivity contribution in [2.24, 2.45) is 5.73 Å². The van der Waals surface area contributed by atoms with E-state index in [2.05, 4.69) is 52.3 Å². The van der Waals surface area contributed by atoms with Gasteiger partial charge >= 0.3 is 0 Å². The monoisotopic (exact) mass is 495 g/mol. The number of nitrogens with zero attached hydrogens (tertiary/aromatic N) is 3. The molecule has 0 aliphatic heterocycles. The van der Waals surface area contributed by atoms with Gasteiger partial charge < -0.3 is 16.0 Å². The van der Waals surface area contributed by atoms with Crippen LogP contribution < -0.4 is 21.8 Å². The second-order valence-electron chi connectivity index (χ2n) is 8.82. The van der Waals surface area contributed by atoms with Crippen molar-refractivity contribution in [1.29, 1.82) is 0 Å². The Morgan fingerprint density at radius 3 is 2.53 bits per heavy atom. The van der Waals surface area contributed by atoms with Crippen molar-refractivity contribution in [3.63, 3.8) is 0 Å². The first-order valence-electron chi connectivity index (χ1n) is 12.1. The van der Waals surface area contributed by atoms with Crippen LogP contribution in [-0.2, 0) is 16.1 Å². The van der Waals surface area contributed by atoms with Crippen molar-refractivity contribution in [3.8, 4) is 0 Å². The molecule has 1 aliphatic rings. The summed E-state index contributed by atoms with van der Waals surface area (Å²) in [5.41, 5.74) is 11.1. The Bertz CT molecular complexity index is 893. The van der Waals surface area contributed by atoms with Crippen LogP contribution in [0.1, 0.15) is 5.56 Å². The van der Waals surface area contributed by atoms with Crippen LogP contribution in [-0.4, -0.2) is 92.2 Å². The number of hydrogen-bond acceptors (Lipinski definition) is 7. The highest BCUT2D eigenvalue weighted by Gasteiger charge is 2.26. The smallest absolute Gasteiger partial charge is 0.240 e. The largest absolute Gasteiger partial charge is 0.323 e. The molecular formula is C27H41N7O2. The molecule has 196 valence electrons. The number of nitrogens with one attached hydrogen (secondary N) is 3. The normalized spacial score (nSPS) is 18.0. The third-order valence-corrected chi connectivity index (χ3v) is 5.93. The van der Waals surface area contributed by atoms with E-state index in [1.165, 1.54) is 5.01 Å². The predicted molar refractivity (Wildman–Crippen MR) is 145 cm³/mol. The Kier molecular flexibility index (Phi) is 12.8. The minimum absolute atomic E-state index is 0.0139. The fourth-order valence-corrected chi connectivity index (χ4v) is 4.12. The van der Waals surface area contributed by atoms with Gasteiger partial charge in [-0.2, -0.15) is 0 Å². The van der Waals surface area contributed by atoms with E-state index in [0.29, 0.717) is 39.1 Å². The highest BCUT2D eigenvalue weighted by molar-refractivity contribution is 5.79. The molecule has 0 bridgehead atoms. The zero-order valence-corrected chi connectivity index (χ0v) is 21.5. The topological polar surface area (TPSA) is 106 Å². The minimum atomic E-state index is -0.297. The molecular weight excluding hydrogens is 454 g/mol. The molecule has 0 aromatic heterocycles. The molecule has 5 N–H and O–H groups in total. The summed E-state index contributed by atoms with van der Waals surface area (Å²) >= 11 is 0. The molecule has 0 fully saturated rings. The maximum atomic E-state index is 13.4. The van der Waals surface area contributed by atoms with Crippen LogP contribution in [0.3, 0.4) is 0 Å². The van der Waals surface area contributed by atoms with Gasteiger partial charge in [-0.05, 0) is 25.2 Å². The number of carbonyl (C=O) groups is 2. The van der Waals surface area contributed by atoms with Crippen LogP contribution in [0, 0.1) is 0 Å². The second-order valence-corrected chi connectivity index (χ2v) is 8.82. The molecule has 2 amide bonds. The van der Waals surface area contributed by atoms with Gasteiger partial charge in [0.15, 0.2) is 0 Å². The van der Waals surface area contributed by atoms with Gasteiger partial charge in [0.1, 0.15) is 0 Å². The molecule has 9 nitrogen and oxygen atoms in total.